The van der Waals surface area contributed by atoms with Crippen LogP contribution in [-0.4, -0.2) is 19.2 Å². The summed E-state index contributed by atoms with van der Waals surface area (Å²) in [7, 11) is 1.74. The van der Waals surface area contributed by atoms with Gasteiger partial charge in [0.05, 0.1) is 5.69 Å². The summed E-state index contributed by atoms with van der Waals surface area (Å²) in [6.45, 7) is 1.53. The Labute approximate surface area is 123 Å². The quantitative estimate of drug-likeness (QED) is 0.783. The molecule has 0 spiro atoms. The Morgan fingerprint density at radius 2 is 1.70 bits per heavy atom. The molecule has 0 saturated carbocycles. The minimum atomic E-state index is 0.00224. The second kappa shape index (κ2) is 6.35. The van der Waals surface area contributed by atoms with Crippen molar-refractivity contribution in [1.82, 2.24) is 0 Å². The van der Waals surface area contributed by atoms with Gasteiger partial charge in [0, 0.05) is 30.9 Å². The largest absolute Gasteiger partial charge is 0.316 e. The molecule has 102 valence electrons. The zero-order valence-corrected chi connectivity index (χ0v) is 12.1. The van der Waals surface area contributed by atoms with Crippen molar-refractivity contribution in [2.24, 2.45) is 4.99 Å². The summed E-state index contributed by atoms with van der Waals surface area (Å²) in [5, 5.41) is 0.707. The highest BCUT2D eigenvalue weighted by Gasteiger charge is 2.04. The second-order valence-electron chi connectivity index (χ2n) is 4.40. The summed E-state index contributed by atoms with van der Waals surface area (Å²) in [5.74, 6) is 0.00224. The van der Waals surface area contributed by atoms with Crippen molar-refractivity contribution in [3.05, 3.63) is 59.1 Å². The van der Waals surface area contributed by atoms with Gasteiger partial charge in [-0.05, 0) is 42.0 Å². The molecule has 0 unspecified atom stereocenters. The number of hydrogen-bond acceptors (Lipinski definition) is 2. The van der Waals surface area contributed by atoms with E-state index in [-0.39, 0.29) is 5.91 Å². The molecule has 0 radical (unpaired) electrons. The van der Waals surface area contributed by atoms with Gasteiger partial charge in [0.15, 0.2) is 0 Å². The van der Waals surface area contributed by atoms with Crippen LogP contribution in [0.5, 0.6) is 0 Å². The van der Waals surface area contributed by atoms with Crippen molar-refractivity contribution in [1.29, 1.82) is 0 Å². The number of amides is 1. The summed E-state index contributed by atoms with van der Waals surface area (Å²) in [5.41, 5.74) is 2.67. The summed E-state index contributed by atoms with van der Waals surface area (Å²) < 4.78 is 0. The Hall–Kier alpha value is -2.13. The Balaban J connectivity index is 2.10. The van der Waals surface area contributed by atoms with Crippen molar-refractivity contribution in [2.45, 2.75) is 6.92 Å². The normalized spacial score (nSPS) is 10.8. The lowest BCUT2D eigenvalue weighted by atomic mass is 10.2. The molecule has 0 aliphatic heterocycles. The van der Waals surface area contributed by atoms with Crippen LogP contribution in [0.2, 0.25) is 5.02 Å². The van der Waals surface area contributed by atoms with E-state index in [1.54, 1.807) is 18.2 Å². The van der Waals surface area contributed by atoms with Crippen molar-refractivity contribution in [3.8, 4) is 0 Å². The molecule has 0 atom stereocenters. The first kappa shape index (κ1) is 14.3. The van der Waals surface area contributed by atoms with Crippen molar-refractivity contribution >= 4 is 35.1 Å². The summed E-state index contributed by atoms with van der Waals surface area (Å²) >= 11 is 5.82. The maximum absolute atomic E-state index is 11.3. The fourth-order valence-electron chi connectivity index (χ4n) is 1.64. The third-order valence-corrected chi connectivity index (χ3v) is 3.19. The number of hydrogen-bond donors (Lipinski definition) is 0. The molecule has 0 aliphatic carbocycles. The zero-order valence-electron chi connectivity index (χ0n) is 11.4. The maximum atomic E-state index is 11.3. The van der Waals surface area contributed by atoms with Crippen LogP contribution in [0.1, 0.15) is 12.5 Å². The van der Waals surface area contributed by atoms with Gasteiger partial charge in [-0.1, -0.05) is 23.7 Å². The second-order valence-corrected chi connectivity index (χ2v) is 4.84. The highest BCUT2D eigenvalue weighted by atomic mass is 35.5. The average Bonchev–Trinajstić information content (AvgIpc) is 2.46. The van der Waals surface area contributed by atoms with E-state index in [4.69, 9.17) is 11.6 Å². The zero-order chi connectivity index (χ0) is 14.5. The summed E-state index contributed by atoms with van der Waals surface area (Å²) in [6.07, 6.45) is 1.78. The predicted octanol–water partition coefficient (Wildman–Crippen LogP) is 4.07. The van der Waals surface area contributed by atoms with Crippen LogP contribution in [0.3, 0.4) is 0 Å². The highest BCUT2D eigenvalue weighted by Crippen LogP contribution is 2.19. The summed E-state index contributed by atoms with van der Waals surface area (Å²) in [6, 6.07) is 15.0. The molecule has 0 N–H and O–H groups in total. The van der Waals surface area contributed by atoms with Crippen LogP contribution in [0.15, 0.2) is 53.5 Å². The van der Waals surface area contributed by atoms with Gasteiger partial charge in [0.25, 0.3) is 0 Å². The molecule has 2 aromatic carbocycles. The number of aliphatic imine (C=N–C) groups is 1. The van der Waals surface area contributed by atoms with Crippen LogP contribution >= 0.6 is 11.6 Å². The molecule has 0 aromatic heterocycles. The van der Waals surface area contributed by atoms with Crippen LogP contribution < -0.4 is 4.90 Å². The Kier molecular flexibility index (Phi) is 4.53. The Morgan fingerprint density at radius 3 is 2.25 bits per heavy atom. The van der Waals surface area contributed by atoms with E-state index in [1.165, 1.54) is 6.92 Å². The van der Waals surface area contributed by atoms with Crippen LogP contribution in [0.4, 0.5) is 11.4 Å². The van der Waals surface area contributed by atoms with Gasteiger partial charge in [-0.3, -0.25) is 9.79 Å². The maximum Gasteiger partial charge on any atom is 0.223 e. The van der Waals surface area contributed by atoms with Crippen LogP contribution in [0.25, 0.3) is 0 Å². The third-order valence-electron chi connectivity index (χ3n) is 2.94. The minimum Gasteiger partial charge on any atom is -0.316 e. The summed E-state index contributed by atoms with van der Waals surface area (Å²) in [4.78, 5) is 17.2. The molecule has 2 aromatic rings. The lowest BCUT2D eigenvalue weighted by molar-refractivity contribution is -0.116. The molecule has 3 nitrogen and oxygen atoms in total. The highest BCUT2D eigenvalue weighted by molar-refractivity contribution is 6.30. The average molecular weight is 287 g/mol. The van der Waals surface area contributed by atoms with E-state index in [0.29, 0.717) is 5.02 Å². The standard InChI is InChI=1S/C16H15ClN2O/c1-12(20)19(2)16-9-7-15(8-10-16)18-11-13-3-5-14(17)6-4-13/h3-11H,1-2H3. The number of anilines is 1. The number of carbonyl (C=O) groups is 1. The monoisotopic (exact) mass is 286 g/mol. The molecule has 20 heavy (non-hydrogen) atoms. The van der Waals surface area contributed by atoms with Crippen molar-refractivity contribution in [2.75, 3.05) is 11.9 Å². The van der Waals surface area contributed by atoms with Gasteiger partial charge >= 0.3 is 0 Å². The van der Waals surface area contributed by atoms with Gasteiger partial charge in [-0.25, -0.2) is 0 Å². The first-order valence-electron chi connectivity index (χ1n) is 6.20. The number of carbonyl (C=O) groups excluding carboxylic acids is 1. The lowest BCUT2D eigenvalue weighted by Crippen LogP contribution is -2.22. The van der Waals surface area contributed by atoms with E-state index < -0.39 is 0 Å². The van der Waals surface area contributed by atoms with Gasteiger partial charge in [-0.15, -0.1) is 0 Å². The topological polar surface area (TPSA) is 32.7 Å². The number of halogens is 1. The molecular formula is C16H15ClN2O. The number of benzene rings is 2. The number of rotatable bonds is 3. The molecule has 1 amide bonds. The molecule has 0 fully saturated rings. The molecule has 4 heteroatoms. The van der Waals surface area contributed by atoms with Crippen molar-refractivity contribution < 1.29 is 4.79 Å². The molecule has 0 aliphatic rings. The van der Waals surface area contributed by atoms with Gasteiger partial charge < -0.3 is 4.90 Å². The fourth-order valence-corrected chi connectivity index (χ4v) is 1.77. The molecule has 0 bridgehead atoms. The third kappa shape index (κ3) is 3.68. The fraction of sp³-hybridized carbons (Fsp3) is 0.125. The van der Waals surface area contributed by atoms with E-state index in [9.17, 15) is 4.79 Å². The predicted molar refractivity (Wildman–Crippen MR) is 84.2 cm³/mol. The van der Waals surface area contributed by atoms with Gasteiger partial charge in [-0.2, -0.15) is 0 Å². The Morgan fingerprint density at radius 1 is 1.10 bits per heavy atom. The van der Waals surface area contributed by atoms with Gasteiger partial charge in [0.2, 0.25) is 5.91 Å². The van der Waals surface area contributed by atoms with E-state index in [0.717, 1.165) is 16.9 Å². The molecular weight excluding hydrogens is 272 g/mol. The lowest BCUT2D eigenvalue weighted by Gasteiger charge is -2.14. The first-order chi connectivity index (χ1) is 9.56. The minimum absolute atomic E-state index is 0.00224. The van der Waals surface area contributed by atoms with Crippen molar-refractivity contribution in [3.63, 3.8) is 0 Å². The SMILES string of the molecule is CC(=O)N(C)c1ccc(N=Cc2ccc(Cl)cc2)cc1. The van der Waals surface area contributed by atoms with E-state index >= 15 is 0 Å². The van der Waals surface area contributed by atoms with E-state index in [2.05, 4.69) is 4.99 Å². The molecule has 0 saturated heterocycles. The number of nitrogens with zero attached hydrogens (tertiary/aromatic N) is 2. The van der Waals surface area contributed by atoms with E-state index in [1.807, 2.05) is 48.5 Å². The first-order valence-corrected chi connectivity index (χ1v) is 6.58. The van der Waals surface area contributed by atoms with Gasteiger partial charge in [0.1, 0.15) is 0 Å². The molecule has 2 rings (SSSR count). The van der Waals surface area contributed by atoms with Crippen LogP contribution in [0, 0.1) is 0 Å². The molecule has 0 heterocycles. The smallest absolute Gasteiger partial charge is 0.223 e. The van der Waals surface area contributed by atoms with Crippen LogP contribution in [-0.2, 0) is 4.79 Å². The Bertz CT molecular complexity index is 618.